The fourth-order valence-corrected chi connectivity index (χ4v) is 4.61. The lowest BCUT2D eigenvalue weighted by atomic mass is 9.84. The first-order valence-electron chi connectivity index (χ1n) is 12.3. The Balaban J connectivity index is 1.88. The van der Waals surface area contributed by atoms with Crippen LogP contribution in [-0.4, -0.2) is 23.6 Å². The lowest BCUT2D eigenvalue weighted by Crippen LogP contribution is -2.39. The molecule has 3 aromatic rings. The van der Waals surface area contributed by atoms with Crippen molar-refractivity contribution < 1.29 is 27.6 Å². The van der Waals surface area contributed by atoms with Crippen LogP contribution in [-0.2, 0) is 14.4 Å². The minimum Gasteiger partial charge on any atom is -0.342 e. The van der Waals surface area contributed by atoms with Gasteiger partial charge in [0, 0.05) is 29.7 Å². The van der Waals surface area contributed by atoms with E-state index in [0.29, 0.717) is 10.6 Å². The molecule has 0 saturated heterocycles. The third kappa shape index (κ3) is 7.78. The second-order valence-corrected chi connectivity index (χ2v) is 9.95. The quantitative estimate of drug-likeness (QED) is 0.281. The van der Waals surface area contributed by atoms with Gasteiger partial charge < -0.3 is 5.32 Å². The summed E-state index contributed by atoms with van der Waals surface area (Å²) in [6, 6.07) is 23.5. The smallest absolute Gasteiger partial charge is 0.342 e. The fraction of sp³-hybridized carbons (Fsp3) is 0.300. The van der Waals surface area contributed by atoms with Crippen molar-refractivity contribution in [2.24, 2.45) is 11.8 Å². The van der Waals surface area contributed by atoms with Crippen LogP contribution in [0, 0.1) is 11.8 Å². The Morgan fingerprint density at radius 3 is 1.87 bits per heavy atom. The summed E-state index contributed by atoms with van der Waals surface area (Å²) in [6.07, 6.45) is -5.73. The van der Waals surface area contributed by atoms with E-state index in [1.54, 1.807) is 48.5 Å². The summed E-state index contributed by atoms with van der Waals surface area (Å²) in [5.74, 6) is -5.72. The van der Waals surface area contributed by atoms with Crippen molar-refractivity contribution in [2.75, 3.05) is 0 Å². The van der Waals surface area contributed by atoms with Gasteiger partial charge in [0.25, 0.3) is 0 Å². The Kier molecular flexibility index (Phi) is 9.86. The van der Waals surface area contributed by atoms with Crippen LogP contribution in [0.15, 0.2) is 84.9 Å². The Hall–Kier alpha value is -3.45. The van der Waals surface area contributed by atoms with Gasteiger partial charge in [-0.3, -0.25) is 14.4 Å². The zero-order chi connectivity index (χ0) is 27.9. The van der Waals surface area contributed by atoms with Crippen molar-refractivity contribution in [1.82, 2.24) is 5.32 Å². The van der Waals surface area contributed by atoms with Crippen LogP contribution in [0.5, 0.6) is 0 Å². The Labute approximate surface area is 225 Å². The highest BCUT2D eigenvalue weighted by Gasteiger charge is 2.45. The molecule has 0 fully saturated rings. The topological polar surface area (TPSA) is 63.2 Å². The number of carbonyl (C=O) groups is 3. The van der Waals surface area contributed by atoms with E-state index in [4.69, 9.17) is 11.6 Å². The molecule has 3 atom stereocenters. The Bertz CT molecular complexity index is 1250. The number of benzene rings is 3. The van der Waals surface area contributed by atoms with Crippen LogP contribution in [0.1, 0.15) is 55.3 Å². The third-order valence-corrected chi connectivity index (χ3v) is 6.68. The molecule has 0 aliphatic heterocycles. The molecule has 0 radical (unpaired) electrons. The van der Waals surface area contributed by atoms with Gasteiger partial charge in [0.2, 0.25) is 11.7 Å². The van der Waals surface area contributed by atoms with Gasteiger partial charge in [-0.1, -0.05) is 98.2 Å². The molecule has 200 valence electrons. The molecular weight excluding hydrogens is 515 g/mol. The van der Waals surface area contributed by atoms with E-state index in [9.17, 15) is 27.6 Å². The highest BCUT2D eigenvalue weighted by molar-refractivity contribution is 6.30. The molecule has 0 heterocycles. The monoisotopic (exact) mass is 543 g/mol. The van der Waals surface area contributed by atoms with E-state index in [1.807, 2.05) is 36.4 Å². The highest BCUT2D eigenvalue weighted by atomic mass is 35.5. The van der Waals surface area contributed by atoms with Crippen molar-refractivity contribution in [1.29, 1.82) is 0 Å². The fourth-order valence-electron chi connectivity index (χ4n) is 4.41. The van der Waals surface area contributed by atoms with E-state index in [0.717, 1.165) is 11.1 Å². The maximum Gasteiger partial charge on any atom is 0.450 e. The van der Waals surface area contributed by atoms with Gasteiger partial charge in [-0.2, -0.15) is 13.2 Å². The highest BCUT2D eigenvalue weighted by Crippen LogP contribution is 2.32. The average molecular weight is 544 g/mol. The minimum absolute atomic E-state index is 0.0317. The van der Waals surface area contributed by atoms with E-state index >= 15 is 0 Å². The van der Waals surface area contributed by atoms with Gasteiger partial charge in [-0.25, -0.2) is 0 Å². The van der Waals surface area contributed by atoms with Gasteiger partial charge in [-0.15, -0.1) is 0 Å². The number of rotatable bonds is 11. The summed E-state index contributed by atoms with van der Waals surface area (Å²) < 4.78 is 39.6. The summed E-state index contributed by atoms with van der Waals surface area (Å²) in [4.78, 5) is 38.7. The summed E-state index contributed by atoms with van der Waals surface area (Å²) >= 11 is 6.20. The van der Waals surface area contributed by atoms with Crippen molar-refractivity contribution in [3.63, 3.8) is 0 Å². The molecule has 1 amide bonds. The summed E-state index contributed by atoms with van der Waals surface area (Å²) in [5, 5.41) is 3.24. The van der Waals surface area contributed by atoms with E-state index in [2.05, 4.69) is 5.32 Å². The predicted octanol–water partition coefficient (Wildman–Crippen LogP) is 7.08. The second-order valence-electron chi connectivity index (χ2n) is 9.52. The number of amides is 1. The molecule has 38 heavy (non-hydrogen) atoms. The molecule has 4 nitrogen and oxygen atoms in total. The van der Waals surface area contributed by atoms with Crippen LogP contribution in [0.4, 0.5) is 13.2 Å². The molecule has 3 aromatic carbocycles. The van der Waals surface area contributed by atoms with Crippen LogP contribution in [0.3, 0.4) is 0 Å². The summed E-state index contributed by atoms with van der Waals surface area (Å²) in [6.45, 7) is 2.93. The Morgan fingerprint density at radius 2 is 1.34 bits per heavy atom. The van der Waals surface area contributed by atoms with Crippen molar-refractivity contribution in [3.8, 4) is 0 Å². The van der Waals surface area contributed by atoms with E-state index in [1.165, 1.54) is 13.8 Å². The molecule has 0 aliphatic rings. The number of carbonyl (C=O) groups excluding carboxylic acids is 3. The molecule has 0 aromatic heterocycles. The number of hydrogen-bond acceptors (Lipinski definition) is 3. The zero-order valence-electron chi connectivity index (χ0n) is 21.0. The Morgan fingerprint density at radius 1 is 0.789 bits per heavy atom. The lowest BCUT2D eigenvalue weighted by molar-refractivity contribution is -0.177. The third-order valence-electron chi connectivity index (χ3n) is 6.44. The normalized spacial score (nSPS) is 14.0. The summed E-state index contributed by atoms with van der Waals surface area (Å²) in [7, 11) is 0. The average Bonchev–Trinajstić information content (AvgIpc) is 2.88. The van der Waals surface area contributed by atoms with Crippen LogP contribution in [0.25, 0.3) is 0 Å². The lowest BCUT2D eigenvalue weighted by Gasteiger charge is -2.25. The standard InChI is InChI=1S/C30H29ClF3NO3/c1-19(2)24(29(38)30(32,33)34)17-26(36)28(21-12-7-4-8-13-21)35-27(37)18-25(20-10-5-3-6-11-20)22-14-9-15-23(31)16-22/h3-16,19,24-25,28H,17-18H2,1-2H3,(H,35,37)/t24-,25?,28-/m0/s1. The molecule has 0 spiro atoms. The van der Waals surface area contributed by atoms with Gasteiger partial charge >= 0.3 is 6.18 Å². The number of halogens is 4. The maximum absolute atomic E-state index is 13.3. The molecule has 1 unspecified atom stereocenters. The first-order valence-corrected chi connectivity index (χ1v) is 12.6. The largest absolute Gasteiger partial charge is 0.450 e. The van der Waals surface area contributed by atoms with Crippen molar-refractivity contribution >= 4 is 29.1 Å². The van der Waals surface area contributed by atoms with E-state index in [-0.39, 0.29) is 12.3 Å². The van der Waals surface area contributed by atoms with Crippen molar-refractivity contribution in [3.05, 3.63) is 107 Å². The zero-order valence-corrected chi connectivity index (χ0v) is 21.8. The van der Waals surface area contributed by atoms with Crippen molar-refractivity contribution in [2.45, 2.75) is 44.8 Å². The van der Waals surface area contributed by atoms with Gasteiger partial charge in [-0.05, 0) is 34.7 Å². The van der Waals surface area contributed by atoms with Gasteiger partial charge in [0.15, 0.2) is 5.78 Å². The number of nitrogens with one attached hydrogen (secondary N) is 1. The van der Waals surface area contributed by atoms with Crippen LogP contribution in [0.2, 0.25) is 5.02 Å². The SMILES string of the molecule is CC(C)[C@H](CC(=O)[C@@H](NC(=O)CC(c1ccccc1)c1cccc(Cl)c1)c1ccccc1)C(=O)C(F)(F)F. The number of hydrogen-bond donors (Lipinski definition) is 1. The predicted molar refractivity (Wildman–Crippen MR) is 141 cm³/mol. The van der Waals surface area contributed by atoms with Gasteiger partial charge in [0.1, 0.15) is 6.04 Å². The van der Waals surface area contributed by atoms with Crippen LogP contribution >= 0.6 is 11.6 Å². The second kappa shape index (κ2) is 12.9. The molecule has 0 aliphatic carbocycles. The molecular formula is C30H29ClF3NO3. The first-order chi connectivity index (χ1) is 18.0. The number of alkyl halides is 3. The molecule has 8 heteroatoms. The maximum atomic E-state index is 13.3. The summed E-state index contributed by atoms with van der Waals surface area (Å²) in [5.41, 5.74) is 2.09. The van der Waals surface area contributed by atoms with Crippen LogP contribution < -0.4 is 5.32 Å². The molecule has 3 rings (SSSR count). The number of Topliss-reactive ketones (excluding diaryl/α,β-unsaturated/α-hetero) is 2. The molecule has 0 saturated carbocycles. The first kappa shape index (κ1) is 29.1. The molecule has 0 bridgehead atoms. The molecule has 1 N–H and O–H groups in total. The van der Waals surface area contributed by atoms with E-state index < -0.39 is 47.9 Å². The van der Waals surface area contributed by atoms with Gasteiger partial charge in [0.05, 0.1) is 0 Å². The number of ketones is 2. The minimum atomic E-state index is -5.05.